The third-order valence-corrected chi connectivity index (χ3v) is 4.48. The molecule has 1 aromatic heterocycles. The van der Waals surface area contributed by atoms with Gasteiger partial charge in [-0.1, -0.05) is 36.4 Å². The van der Waals surface area contributed by atoms with Crippen molar-refractivity contribution in [2.45, 2.75) is 0 Å². The molecule has 1 nitrogen and oxygen atoms in total. The van der Waals surface area contributed by atoms with Crippen LogP contribution in [0.5, 0.6) is 0 Å². The molecular formula is C21H12FN. The van der Waals surface area contributed by atoms with E-state index in [0.717, 1.165) is 16.8 Å². The molecule has 23 heavy (non-hydrogen) atoms. The summed E-state index contributed by atoms with van der Waals surface area (Å²) in [7, 11) is 0. The number of rotatable bonds is 1. The Labute approximate surface area is 133 Å². The normalized spacial score (nSPS) is 11.7. The Hall–Kier alpha value is -3.00. The van der Waals surface area contributed by atoms with Crippen molar-refractivity contribution in [2.24, 2.45) is 0 Å². The van der Waals surface area contributed by atoms with Crippen LogP contribution in [-0.2, 0) is 0 Å². The number of benzene rings is 3. The maximum Gasteiger partial charge on any atom is 0.123 e. The first-order valence-corrected chi connectivity index (χ1v) is 7.61. The first kappa shape index (κ1) is 12.5. The second-order valence-electron chi connectivity index (χ2n) is 5.81. The molecule has 0 bridgehead atoms. The molecule has 0 saturated carbocycles. The number of fused-ring (bicyclic) bond motifs is 3. The van der Waals surface area contributed by atoms with Gasteiger partial charge in [-0.2, -0.15) is 0 Å². The highest BCUT2D eigenvalue weighted by atomic mass is 19.1. The van der Waals surface area contributed by atoms with Crippen molar-refractivity contribution < 1.29 is 4.39 Å². The molecule has 0 fully saturated rings. The van der Waals surface area contributed by atoms with E-state index in [0.29, 0.717) is 0 Å². The minimum absolute atomic E-state index is 0.230. The summed E-state index contributed by atoms with van der Waals surface area (Å²) < 4.78 is 13.2. The van der Waals surface area contributed by atoms with Crippen LogP contribution >= 0.6 is 0 Å². The summed E-state index contributed by atoms with van der Waals surface area (Å²) in [6.07, 6.45) is 0. The molecule has 1 aliphatic rings. The average Bonchev–Trinajstić information content (AvgIpc) is 2.92. The molecule has 0 aliphatic heterocycles. The molecule has 1 heterocycles. The average molecular weight is 297 g/mol. The molecule has 0 N–H and O–H groups in total. The van der Waals surface area contributed by atoms with Crippen LogP contribution < -0.4 is 0 Å². The van der Waals surface area contributed by atoms with E-state index in [1.54, 1.807) is 12.1 Å². The SMILES string of the molecule is Fc1ccc(-c2cc3c4c(cccc4n2)-c2ccccc2-3)cc1. The minimum Gasteiger partial charge on any atom is -0.248 e. The van der Waals surface area contributed by atoms with Gasteiger partial charge in [-0.15, -0.1) is 0 Å². The van der Waals surface area contributed by atoms with Crippen molar-refractivity contribution >= 4 is 10.9 Å². The molecule has 2 heteroatoms. The number of nitrogens with zero attached hydrogens (tertiary/aromatic N) is 1. The van der Waals surface area contributed by atoms with E-state index in [1.165, 1.54) is 39.8 Å². The lowest BCUT2D eigenvalue weighted by Gasteiger charge is -2.07. The summed E-state index contributed by atoms with van der Waals surface area (Å²) >= 11 is 0. The summed E-state index contributed by atoms with van der Waals surface area (Å²) in [5, 5.41) is 1.21. The number of hydrogen-bond acceptors (Lipinski definition) is 1. The Morgan fingerprint density at radius 2 is 1.35 bits per heavy atom. The predicted octanol–water partition coefficient (Wildman–Crippen LogP) is 5.69. The highest BCUT2D eigenvalue weighted by Gasteiger charge is 2.22. The smallest absolute Gasteiger partial charge is 0.123 e. The molecule has 108 valence electrons. The zero-order valence-corrected chi connectivity index (χ0v) is 12.3. The van der Waals surface area contributed by atoms with Crippen molar-refractivity contribution in [3.63, 3.8) is 0 Å². The number of hydrogen-bond donors (Lipinski definition) is 0. The first-order valence-electron chi connectivity index (χ1n) is 7.61. The van der Waals surface area contributed by atoms with Crippen LogP contribution in [0.4, 0.5) is 4.39 Å². The second-order valence-corrected chi connectivity index (χ2v) is 5.81. The van der Waals surface area contributed by atoms with E-state index in [9.17, 15) is 4.39 Å². The Bertz CT molecular complexity index is 1060. The minimum atomic E-state index is -0.230. The molecule has 0 saturated heterocycles. The molecule has 3 aromatic carbocycles. The molecule has 0 atom stereocenters. The quantitative estimate of drug-likeness (QED) is 0.387. The van der Waals surface area contributed by atoms with E-state index in [4.69, 9.17) is 4.98 Å². The fourth-order valence-corrected chi connectivity index (χ4v) is 3.45. The van der Waals surface area contributed by atoms with Gasteiger partial charge in [0, 0.05) is 10.9 Å². The summed E-state index contributed by atoms with van der Waals surface area (Å²) in [5.74, 6) is -0.230. The summed E-state index contributed by atoms with van der Waals surface area (Å²) in [6, 6.07) is 23.3. The van der Waals surface area contributed by atoms with E-state index in [1.807, 2.05) is 12.1 Å². The van der Waals surface area contributed by atoms with Crippen molar-refractivity contribution in [2.75, 3.05) is 0 Å². The van der Waals surface area contributed by atoms with Crippen LogP contribution in [0.1, 0.15) is 0 Å². The first-order chi connectivity index (χ1) is 11.3. The molecule has 1 aliphatic carbocycles. The van der Waals surface area contributed by atoms with Crippen LogP contribution in [-0.4, -0.2) is 4.98 Å². The molecular weight excluding hydrogens is 285 g/mol. The van der Waals surface area contributed by atoms with Crippen LogP contribution in [0.15, 0.2) is 72.8 Å². The van der Waals surface area contributed by atoms with Gasteiger partial charge in [-0.05, 0) is 58.7 Å². The van der Waals surface area contributed by atoms with Gasteiger partial charge in [-0.25, -0.2) is 9.37 Å². The number of aromatic nitrogens is 1. The standard InChI is InChI=1S/C21H12FN/c22-14-10-8-13(9-11-14)20-12-18-16-5-2-1-4-15(16)17-6-3-7-19(23-20)21(17)18/h1-12H. The Morgan fingerprint density at radius 1 is 0.652 bits per heavy atom. The van der Waals surface area contributed by atoms with Gasteiger partial charge in [0.1, 0.15) is 5.82 Å². The van der Waals surface area contributed by atoms with Gasteiger partial charge in [0.05, 0.1) is 11.2 Å². The topological polar surface area (TPSA) is 12.9 Å². The molecule has 0 radical (unpaired) electrons. The highest BCUT2D eigenvalue weighted by Crippen LogP contribution is 2.47. The summed E-state index contributed by atoms with van der Waals surface area (Å²) in [6.45, 7) is 0. The van der Waals surface area contributed by atoms with Gasteiger partial charge >= 0.3 is 0 Å². The third-order valence-electron chi connectivity index (χ3n) is 4.48. The van der Waals surface area contributed by atoms with Gasteiger partial charge in [-0.3, -0.25) is 0 Å². The molecule has 0 unspecified atom stereocenters. The van der Waals surface area contributed by atoms with E-state index < -0.39 is 0 Å². The molecule has 0 amide bonds. The lowest BCUT2D eigenvalue weighted by molar-refractivity contribution is 0.628. The summed E-state index contributed by atoms with van der Waals surface area (Å²) in [5.41, 5.74) is 7.73. The highest BCUT2D eigenvalue weighted by molar-refractivity contribution is 6.14. The van der Waals surface area contributed by atoms with Gasteiger partial charge in [0.2, 0.25) is 0 Å². The van der Waals surface area contributed by atoms with Crippen LogP contribution in [0, 0.1) is 5.82 Å². The van der Waals surface area contributed by atoms with Crippen LogP contribution in [0.3, 0.4) is 0 Å². The van der Waals surface area contributed by atoms with Gasteiger partial charge in [0.15, 0.2) is 0 Å². The predicted molar refractivity (Wildman–Crippen MR) is 91.6 cm³/mol. The van der Waals surface area contributed by atoms with Crippen LogP contribution in [0.25, 0.3) is 44.4 Å². The largest absolute Gasteiger partial charge is 0.248 e. The van der Waals surface area contributed by atoms with Crippen molar-refractivity contribution in [3.05, 3.63) is 78.6 Å². The van der Waals surface area contributed by atoms with E-state index in [-0.39, 0.29) is 5.82 Å². The molecule has 5 rings (SSSR count). The number of halogens is 1. The monoisotopic (exact) mass is 297 g/mol. The zero-order valence-electron chi connectivity index (χ0n) is 12.3. The van der Waals surface area contributed by atoms with Crippen molar-refractivity contribution in [3.8, 4) is 33.5 Å². The Balaban J connectivity index is 1.85. The van der Waals surface area contributed by atoms with Gasteiger partial charge in [0.25, 0.3) is 0 Å². The lowest BCUT2D eigenvalue weighted by Crippen LogP contribution is -1.87. The fraction of sp³-hybridized carbons (Fsp3) is 0. The Kier molecular flexibility index (Phi) is 2.45. The van der Waals surface area contributed by atoms with E-state index >= 15 is 0 Å². The van der Waals surface area contributed by atoms with Crippen molar-refractivity contribution in [1.29, 1.82) is 0 Å². The summed E-state index contributed by atoms with van der Waals surface area (Å²) in [4.78, 5) is 4.80. The van der Waals surface area contributed by atoms with Crippen molar-refractivity contribution in [1.82, 2.24) is 4.98 Å². The van der Waals surface area contributed by atoms with E-state index in [2.05, 4.69) is 36.4 Å². The molecule has 4 aromatic rings. The lowest BCUT2D eigenvalue weighted by atomic mass is 10.0. The zero-order chi connectivity index (χ0) is 15.4. The maximum atomic E-state index is 13.2. The second kappa shape index (κ2) is 4.50. The molecule has 0 spiro atoms. The van der Waals surface area contributed by atoms with Crippen LogP contribution in [0.2, 0.25) is 0 Å². The maximum absolute atomic E-state index is 13.2. The third kappa shape index (κ3) is 1.75. The Morgan fingerprint density at radius 3 is 2.13 bits per heavy atom. The fourth-order valence-electron chi connectivity index (χ4n) is 3.45. The number of pyridine rings is 1. The van der Waals surface area contributed by atoms with Gasteiger partial charge < -0.3 is 0 Å².